The van der Waals surface area contributed by atoms with Gasteiger partial charge in [0.1, 0.15) is 5.75 Å². The molecule has 1 aliphatic carbocycles. The number of rotatable bonds is 6. The van der Waals surface area contributed by atoms with Gasteiger partial charge in [0.2, 0.25) is 0 Å². The third kappa shape index (κ3) is 3.68. The van der Waals surface area contributed by atoms with Gasteiger partial charge in [0.05, 0.1) is 7.11 Å². The fraction of sp³-hybridized carbons (Fsp3) is 0.286. The van der Waals surface area contributed by atoms with Crippen LogP contribution in [0.4, 0.5) is 0 Å². The minimum absolute atomic E-state index is 0.191. The minimum atomic E-state index is 0.191. The number of aromatic amines is 1. The Balaban J connectivity index is 1.62. The van der Waals surface area contributed by atoms with Crippen molar-refractivity contribution in [1.82, 2.24) is 15.6 Å². The zero-order valence-electron chi connectivity index (χ0n) is 14.8. The Morgan fingerprint density at radius 3 is 2.69 bits per heavy atom. The summed E-state index contributed by atoms with van der Waals surface area (Å²) < 4.78 is 5.31. The van der Waals surface area contributed by atoms with Gasteiger partial charge in [-0.15, -0.1) is 0 Å². The summed E-state index contributed by atoms with van der Waals surface area (Å²) in [5.41, 5.74) is 3.66. The van der Waals surface area contributed by atoms with Crippen LogP contribution < -0.4 is 15.4 Å². The second-order valence-electron chi connectivity index (χ2n) is 6.74. The van der Waals surface area contributed by atoms with Crippen molar-refractivity contribution in [3.63, 3.8) is 0 Å². The molecule has 134 valence electrons. The van der Waals surface area contributed by atoms with Gasteiger partial charge in [-0.2, -0.15) is 0 Å². The topological polar surface area (TPSA) is 49.1 Å². The number of hydrogen-bond acceptors (Lipinski definition) is 2. The van der Waals surface area contributed by atoms with Crippen LogP contribution in [-0.4, -0.2) is 29.8 Å². The molecule has 0 unspecified atom stereocenters. The van der Waals surface area contributed by atoms with E-state index in [0.717, 1.165) is 22.9 Å². The largest absolute Gasteiger partial charge is 0.497 e. The first-order valence-electron chi connectivity index (χ1n) is 8.99. The number of H-pyrrole nitrogens is 1. The van der Waals surface area contributed by atoms with E-state index < -0.39 is 0 Å². The lowest BCUT2D eigenvalue weighted by Crippen LogP contribution is -2.38. The summed E-state index contributed by atoms with van der Waals surface area (Å²) in [6.07, 6.45) is 4.54. The maximum Gasteiger partial charge on any atom is 0.166 e. The standard InChI is InChI=1S/C21H23N3OS/c1-25-16-10-6-14(7-11-16)18(12-23-21(26)24-15-8-9-15)19-13-22-20-5-3-2-4-17(19)20/h2-7,10-11,13,15,18,22H,8-9,12H2,1H3,(H2,23,24,26)/t18-/m0/s1. The van der Waals surface area contributed by atoms with Crippen LogP contribution in [-0.2, 0) is 0 Å². The van der Waals surface area contributed by atoms with E-state index in [2.05, 4.69) is 58.2 Å². The number of methoxy groups -OCH3 is 1. The third-order valence-electron chi connectivity index (χ3n) is 4.89. The second-order valence-corrected chi connectivity index (χ2v) is 7.15. The van der Waals surface area contributed by atoms with Crippen molar-refractivity contribution in [2.45, 2.75) is 24.8 Å². The Bertz CT molecular complexity index is 899. The summed E-state index contributed by atoms with van der Waals surface area (Å²) in [6.45, 7) is 0.743. The van der Waals surface area contributed by atoms with Crippen LogP contribution in [0.25, 0.3) is 10.9 Å². The third-order valence-corrected chi connectivity index (χ3v) is 5.16. The SMILES string of the molecule is COc1ccc([C@H](CNC(=S)NC2CC2)c2c[nH]c3ccccc23)cc1. The summed E-state index contributed by atoms with van der Waals surface area (Å²) in [4.78, 5) is 3.39. The highest BCUT2D eigenvalue weighted by atomic mass is 32.1. The van der Waals surface area contributed by atoms with Gasteiger partial charge >= 0.3 is 0 Å². The quantitative estimate of drug-likeness (QED) is 0.579. The summed E-state index contributed by atoms with van der Waals surface area (Å²) in [7, 11) is 1.69. The molecule has 1 atom stereocenters. The van der Waals surface area contributed by atoms with Crippen LogP contribution in [0, 0.1) is 0 Å². The molecule has 2 aromatic carbocycles. The molecule has 0 aliphatic heterocycles. The molecule has 1 heterocycles. The number of fused-ring (bicyclic) bond motifs is 1. The van der Waals surface area contributed by atoms with Crippen molar-refractivity contribution in [1.29, 1.82) is 0 Å². The maximum atomic E-state index is 5.45. The monoisotopic (exact) mass is 365 g/mol. The minimum Gasteiger partial charge on any atom is -0.497 e. The van der Waals surface area contributed by atoms with E-state index in [1.54, 1.807) is 7.11 Å². The van der Waals surface area contributed by atoms with Crippen molar-refractivity contribution in [3.05, 3.63) is 65.9 Å². The van der Waals surface area contributed by atoms with Gasteiger partial charge in [0, 0.05) is 35.6 Å². The summed E-state index contributed by atoms with van der Waals surface area (Å²) >= 11 is 5.45. The number of aromatic nitrogens is 1. The van der Waals surface area contributed by atoms with E-state index in [1.165, 1.54) is 29.4 Å². The molecule has 0 amide bonds. The molecule has 26 heavy (non-hydrogen) atoms. The van der Waals surface area contributed by atoms with E-state index in [0.29, 0.717) is 6.04 Å². The van der Waals surface area contributed by atoms with Crippen molar-refractivity contribution in [2.24, 2.45) is 0 Å². The second kappa shape index (κ2) is 7.38. The first-order valence-corrected chi connectivity index (χ1v) is 9.40. The Morgan fingerprint density at radius 2 is 1.96 bits per heavy atom. The zero-order valence-corrected chi connectivity index (χ0v) is 15.6. The molecule has 1 saturated carbocycles. The smallest absolute Gasteiger partial charge is 0.166 e. The molecule has 3 aromatic rings. The normalized spacial score (nSPS) is 14.8. The van der Waals surface area contributed by atoms with Gasteiger partial charge in [-0.05, 0) is 54.4 Å². The predicted molar refractivity (Wildman–Crippen MR) is 110 cm³/mol. The average Bonchev–Trinajstić information content (AvgIpc) is 3.39. The van der Waals surface area contributed by atoms with E-state index in [4.69, 9.17) is 17.0 Å². The Hall–Kier alpha value is -2.53. The number of ether oxygens (including phenoxy) is 1. The van der Waals surface area contributed by atoms with Crippen LogP contribution in [0.2, 0.25) is 0 Å². The Kier molecular flexibility index (Phi) is 4.80. The number of nitrogens with one attached hydrogen (secondary N) is 3. The van der Waals surface area contributed by atoms with Gasteiger partial charge in [0.25, 0.3) is 0 Å². The van der Waals surface area contributed by atoms with Crippen molar-refractivity contribution >= 4 is 28.2 Å². The maximum absolute atomic E-state index is 5.45. The van der Waals surface area contributed by atoms with Gasteiger partial charge in [-0.25, -0.2) is 0 Å². The van der Waals surface area contributed by atoms with E-state index in [1.807, 2.05) is 12.1 Å². The molecule has 1 aliphatic rings. The van der Waals surface area contributed by atoms with Gasteiger partial charge < -0.3 is 20.4 Å². The lowest BCUT2D eigenvalue weighted by atomic mass is 9.91. The van der Waals surface area contributed by atoms with Crippen LogP contribution in [0.15, 0.2) is 54.7 Å². The molecule has 0 bridgehead atoms. The lowest BCUT2D eigenvalue weighted by Gasteiger charge is -2.20. The fourth-order valence-electron chi connectivity index (χ4n) is 3.28. The molecular formula is C21H23N3OS. The molecule has 0 saturated heterocycles. The highest BCUT2D eigenvalue weighted by molar-refractivity contribution is 7.80. The molecule has 5 heteroatoms. The number of benzene rings is 2. The fourth-order valence-corrected chi connectivity index (χ4v) is 3.53. The highest BCUT2D eigenvalue weighted by Crippen LogP contribution is 2.31. The van der Waals surface area contributed by atoms with Crippen molar-refractivity contribution in [2.75, 3.05) is 13.7 Å². The number of thiocarbonyl (C=S) groups is 1. The summed E-state index contributed by atoms with van der Waals surface area (Å²) in [6, 6.07) is 17.2. The van der Waals surface area contributed by atoms with Crippen LogP contribution in [0.5, 0.6) is 5.75 Å². The Morgan fingerprint density at radius 1 is 1.19 bits per heavy atom. The molecule has 1 aromatic heterocycles. The zero-order chi connectivity index (χ0) is 17.9. The van der Waals surface area contributed by atoms with Crippen molar-refractivity contribution in [3.8, 4) is 5.75 Å². The number of para-hydroxylation sites is 1. The van der Waals surface area contributed by atoms with Gasteiger partial charge in [-0.3, -0.25) is 0 Å². The molecule has 4 nitrogen and oxygen atoms in total. The first kappa shape index (κ1) is 16.9. The highest BCUT2D eigenvalue weighted by Gasteiger charge is 2.23. The molecular weight excluding hydrogens is 342 g/mol. The van der Waals surface area contributed by atoms with Crippen molar-refractivity contribution < 1.29 is 4.74 Å². The van der Waals surface area contributed by atoms with Crippen LogP contribution in [0.1, 0.15) is 29.9 Å². The lowest BCUT2D eigenvalue weighted by molar-refractivity contribution is 0.414. The summed E-state index contributed by atoms with van der Waals surface area (Å²) in [5, 5.41) is 8.75. The Labute approximate surface area is 159 Å². The van der Waals surface area contributed by atoms with Gasteiger partial charge in [-0.1, -0.05) is 30.3 Å². The average molecular weight is 366 g/mol. The summed E-state index contributed by atoms with van der Waals surface area (Å²) in [5.74, 6) is 1.06. The molecule has 3 N–H and O–H groups in total. The van der Waals surface area contributed by atoms with Crippen LogP contribution >= 0.6 is 12.2 Å². The molecule has 1 fully saturated rings. The molecule has 4 rings (SSSR count). The van der Waals surface area contributed by atoms with E-state index >= 15 is 0 Å². The predicted octanol–water partition coefficient (Wildman–Crippen LogP) is 3.93. The van der Waals surface area contributed by atoms with Crippen LogP contribution in [0.3, 0.4) is 0 Å². The van der Waals surface area contributed by atoms with Gasteiger partial charge in [0.15, 0.2) is 5.11 Å². The number of hydrogen-bond donors (Lipinski definition) is 3. The first-order chi connectivity index (χ1) is 12.7. The molecule has 0 spiro atoms. The van der Waals surface area contributed by atoms with E-state index in [-0.39, 0.29) is 5.92 Å². The van der Waals surface area contributed by atoms with E-state index in [9.17, 15) is 0 Å². The molecule has 0 radical (unpaired) electrons.